The second-order valence-electron chi connectivity index (χ2n) is 6.01. The molecule has 2 aromatic heterocycles. The van der Waals surface area contributed by atoms with E-state index in [0.29, 0.717) is 11.5 Å². The first-order valence-corrected chi connectivity index (χ1v) is 10.4. The Morgan fingerprint density at radius 1 is 1.07 bits per heavy atom. The van der Waals surface area contributed by atoms with E-state index in [0.717, 1.165) is 16.1 Å². The highest BCUT2D eigenvalue weighted by Gasteiger charge is 2.23. The summed E-state index contributed by atoms with van der Waals surface area (Å²) in [6.45, 7) is -0.0209. The number of carbonyl (C=O) groups is 2. The van der Waals surface area contributed by atoms with E-state index in [-0.39, 0.29) is 24.7 Å². The number of hydrogen-bond donors (Lipinski definition) is 0. The molecule has 0 aliphatic carbocycles. The summed E-state index contributed by atoms with van der Waals surface area (Å²) in [5, 5.41) is 6.39. The van der Waals surface area contributed by atoms with E-state index in [9.17, 15) is 9.59 Å². The lowest BCUT2D eigenvalue weighted by molar-refractivity contribution is -0.141. The van der Waals surface area contributed by atoms with Crippen molar-refractivity contribution in [1.82, 2.24) is 9.88 Å². The number of benzene rings is 1. The highest BCUT2D eigenvalue weighted by molar-refractivity contribution is 7.14. The Morgan fingerprint density at radius 2 is 1.79 bits per heavy atom. The molecule has 29 heavy (non-hydrogen) atoms. The van der Waals surface area contributed by atoms with Gasteiger partial charge in [-0.1, -0.05) is 0 Å². The number of methoxy groups -OCH3 is 3. The lowest BCUT2D eigenvalue weighted by Crippen LogP contribution is -2.36. The van der Waals surface area contributed by atoms with Gasteiger partial charge in [0.25, 0.3) is 5.91 Å². The molecule has 0 fully saturated rings. The molecule has 0 saturated carbocycles. The third kappa shape index (κ3) is 5.12. The van der Waals surface area contributed by atoms with Crippen LogP contribution in [0.5, 0.6) is 11.5 Å². The number of esters is 1. The Kier molecular flexibility index (Phi) is 6.84. The zero-order valence-corrected chi connectivity index (χ0v) is 17.8. The number of hydrogen-bond acceptors (Lipinski definition) is 8. The number of ether oxygens (including phenoxy) is 3. The molecule has 9 heteroatoms. The van der Waals surface area contributed by atoms with E-state index >= 15 is 0 Å². The molecule has 1 amide bonds. The molecule has 0 saturated heterocycles. The van der Waals surface area contributed by atoms with Crippen LogP contribution in [0.2, 0.25) is 0 Å². The Morgan fingerprint density at radius 3 is 2.38 bits per heavy atom. The van der Waals surface area contributed by atoms with Crippen LogP contribution in [0.1, 0.15) is 16.1 Å². The van der Waals surface area contributed by atoms with Crippen LogP contribution in [0.15, 0.2) is 40.4 Å². The van der Waals surface area contributed by atoms with Crippen molar-refractivity contribution in [3.8, 4) is 22.1 Å². The zero-order valence-electron chi connectivity index (χ0n) is 16.2. The van der Waals surface area contributed by atoms with Crippen molar-refractivity contribution in [2.24, 2.45) is 0 Å². The summed E-state index contributed by atoms with van der Waals surface area (Å²) >= 11 is 2.95. The molecule has 0 bridgehead atoms. The van der Waals surface area contributed by atoms with Gasteiger partial charge in [-0.05, 0) is 29.1 Å². The number of nitrogens with zero attached hydrogens (tertiary/aromatic N) is 2. The topological polar surface area (TPSA) is 78.0 Å². The van der Waals surface area contributed by atoms with Gasteiger partial charge in [0.15, 0.2) is 0 Å². The molecule has 0 spiro atoms. The maximum atomic E-state index is 13.1. The van der Waals surface area contributed by atoms with Crippen molar-refractivity contribution in [3.05, 3.63) is 51.7 Å². The number of amides is 1. The van der Waals surface area contributed by atoms with E-state index in [1.54, 1.807) is 49.1 Å². The van der Waals surface area contributed by atoms with Gasteiger partial charge in [0.05, 0.1) is 21.3 Å². The van der Waals surface area contributed by atoms with Gasteiger partial charge in [0.1, 0.15) is 28.7 Å². The lowest BCUT2D eigenvalue weighted by Gasteiger charge is -2.21. The van der Waals surface area contributed by atoms with Crippen LogP contribution in [0.3, 0.4) is 0 Å². The monoisotopic (exact) mass is 432 g/mol. The fourth-order valence-corrected chi connectivity index (χ4v) is 4.16. The fourth-order valence-electron chi connectivity index (χ4n) is 2.65. The molecule has 152 valence electrons. The molecule has 1 aromatic carbocycles. The van der Waals surface area contributed by atoms with Crippen LogP contribution in [-0.4, -0.2) is 49.6 Å². The fraction of sp³-hybridized carbons (Fsp3) is 0.250. The van der Waals surface area contributed by atoms with Gasteiger partial charge < -0.3 is 19.1 Å². The first-order valence-electron chi connectivity index (χ1n) is 8.60. The van der Waals surface area contributed by atoms with E-state index in [2.05, 4.69) is 4.98 Å². The number of aromatic nitrogens is 1. The zero-order chi connectivity index (χ0) is 20.8. The minimum Gasteiger partial charge on any atom is -0.497 e. The molecule has 3 aromatic rings. The molecule has 0 aliphatic heterocycles. The van der Waals surface area contributed by atoms with Crippen molar-refractivity contribution in [3.63, 3.8) is 0 Å². The largest absolute Gasteiger partial charge is 0.497 e. The summed E-state index contributed by atoms with van der Waals surface area (Å²) in [4.78, 5) is 30.8. The number of rotatable bonds is 8. The van der Waals surface area contributed by atoms with E-state index in [1.165, 1.54) is 23.3 Å². The van der Waals surface area contributed by atoms with Gasteiger partial charge in [-0.15, -0.1) is 11.3 Å². The number of thiophene rings is 1. The maximum Gasteiger partial charge on any atom is 0.325 e. The van der Waals surface area contributed by atoms with Crippen molar-refractivity contribution < 1.29 is 23.8 Å². The van der Waals surface area contributed by atoms with E-state index in [4.69, 9.17) is 14.2 Å². The predicted molar refractivity (Wildman–Crippen MR) is 112 cm³/mol. The summed E-state index contributed by atoms with van der Waals surface area (Å²) < 4.78 is 15.3. The van der Waals surface area contributed by atoms with Crippen LogP contribution >= 0.6 is 22.7 Å². The van der Waals surface area contributed by atoms with Crippen LogP contribution in [0.25, 0.3) is 10.6 Å². The Balaban J connectivity index is 1.87. The minimum absolute atomic E-state index is 0.173. The Bertz CT molecular complexity index is 962. The summed E-state index contributed by atoms with van der Waals surface area (Å²) in [5.41, 5.74) is 2.01. The first-order chi connectivity index (χ1) is 14.0. The number of thiazole rings is 1. The SMILES string of the molecule is COC(=O)CN(Cc1cc(OC)cc(OC)c1)C(=O)c1csc(-c2ccsc2)n1. The molecular weight excluding hydrogens is 412 g/mol. The molecule has 7 nitrogen and oxygen atoms in total. The Hall–Kier alpha value is -2.91. The summed E-state index contributed by atoms with van der Waals surface area (Å²) in [5.74, 6) is 0.327. The minimum atomic E-state index is -0.513. The van der Waals surface area contributed by atoms with E-state index < -0.39 is 5.97 Å². The van der Waals surface area contributed by atoms with Crippen molar-refractivity contribution in [2.45, 2.75) is 6.54 Å². The van der Waals surface area contributed by atoms with Crippen molar-refractivity contribution in [1.29, 1.82) is 0 Å². The van der Waals surface area contributed by atoms with Crippen LogP contribution < -0.4 is 9.47 Å². The predicted octanol–water partition coefficient (Wildman–Crippen LogP) is 3.70. The van der Waals surface area contributed by atoms with Crippen molar-refractivity contribution >= 4 is 34.6 Å². The average molecular weight is 433 g/mol. The second kappa shape index (κ2) is 9.53. The molecule has 0 unspecified atom stereocenters. The van der Waals surface area contributed by atoms with Gasteiger partial charge in [0.2, 0.25) is 0 Å². The maximum absolute atomic E-state index is 13.1. The van der Waals surface area contributed by atoms with Crippen LogP contribution in [0, 0.1) is 0 Å². The normalized spacial score (nSPS) is 10.4. The second-order valence-corrected chi connectivity index (χ2v) is 7.65. The van der Waals surface area contributed by atoms with Crippen LogP contribution in [0.4, 0.5) is 0 Å². The van der Waals surface area contributed by atoms with Gasteiger partial charge in [0, 0.05) is 28.9 Å². The van der Waals surface area contributed by atoms with Gasteiger partial charge >= 0.3 is 5.97 Å². The number of carbonyl (C=O) groups excluding carboxylic acids is 2. The molecule has 0 aliphatic rings. The highest BCUT2D eigenvalue weighted by atomic mass is 32.1. The standard InChI is InChI=1S/C20H20N2O5S2/c1-25-15-6-13(7-16(8-15)26-2)9-22(10-18(23)27-3)20(24)17-12-29-19(21-17)14-4-5-28-11-14/h4-8,11-12H,9-10H2,1-3H3. The third-order valence-electron chi connectivity index (χ3n) is 4.11. The molecular formula is C20H20N2O5S2. The van der Waals surface area contributed by atoms with Gasteiger partial charge in [-0.3, -0.25) is 9.59 Å². The summed E-state index contributed by atoms with van der Waals surface area (Å²) in [6.07, 6.45) is 0. The van der Waals surface area contributed by atoms with Gasteiger partial charge in [-0.2, -0.15) is 11.3 Å². The molecule has 0 N–H and O–H groups in total. The first kappa shape index (κ1) is 20.8. The molecule has 2 heterocycles. The Labute approximate surface area is 176 Å². The molecule has 0 atom stereocenters. The lowest BCUT2D eigenvalue weighted by atomic mass is 10.1. The third-order valence-corrected chi connectivity index (χ3v) is 5.69. The van der Waals surface area contributed by atoms with Crippen molar-refractivity contribution in [2.75, 3.05) is 27.9 Å². The van der Waals surface area contributed by atoms with Gasteiger partial charge in [-0.25, -0.2) is 4.98 Å². The molecule has 0 radical (unpaired) electrons. The summed E-state index contributed by atoms with van der Waals surface area (Å²) in [6, 6.07) is 7.27. The smallest absolute Gasteiger partial charge is 0.325 e. The quantitative estimate of drug-likeness (QED) is 0.505. The average Bonchev–Trinajstić information content (AvgIpc) is 3.44. The molecule has 3 rings (SSSR count). The van der Waals surface area contributed by atoms with E-state index in [1.807, 2.05) is 16.8 Å². The highest BCUT2D eigenvalue weighted by Crippen LogP contribution is 2.27. The van der Waals surface area contributed by atoms with Crippen LogP contribution in [-0.2, 0) is 16.1 Å². The summed E-state index contributed by atoms with van der Waals surface area (Å²) in [7, 11) is 4.39.